The summed E-state index contributed by atoms with van der Waals surface area (Å²) in [4.78, 5) is 14.1. The summed E-state index contributed by atoms with van der Waals surface area (Å²) in [5.41, 5.74) is 2.43. The van der Waals surface area contributed by atoms with Gasteiger partial charge in [0.1, 0.15) is 17.5 Å². The Labute approximate surface area is 187 Å². The average molecular weight is 440 g/mol. The Kier molecular flexibility index (Phi) is 7.14. The lowest BCUT2D eigenvalue weighted by atomic mass is 10.1. The molecule has 32 heavy (non-hydrogen) atoms. The number of carbonyl (C=O) groups is 1. The molecule has 3 heterocycles. The van der Waals surface area contributed by atoms with Crippen LogP contribution in [-0.4, -0.2) is 56.0 Å². The monoisotopic (exact) mass is 439 g/mol. The van der Waals surface area contributed by atoms with Gasteiger partial charge in [0.15, 0.2) is 0 Å². The molecule has 0 saturated heterocycles. The molecule has 2 amide bonds. The van der Waals surface area contributed by atoms with Gasteiger partial charge in [-0.1, -0.05) is 18.6 Å². The lowest BCUT2D eigenvalue weighted by molar-refractivity contribution is 0.208. The molecule has 0 fully saturated rings. The van der Waals surface area contributed by atoms with Crippen LogP contribution >= 0.6 is 0 Å². The van der Waals surface area contributed by atoms with Gasteiger partial charge < -0.3 is 14.8 Å². The summed E-state index contributed by atoms with van der Waals surface area (Å²) in [5.74, 6) is 1.75. The standard InChI is InChI=1S/C23H30FN7O/c1-30(13-6-9-19-16-20(27-26-19)17-7-5-8-18(24)15-17)23(32)25-12-11-22-29-28-21-10-3-2-4-14-31(21)22/h5,7-8,15-16H,2-4,6,9-14H2,1H3,(H,25,32)(H,26,27). The van der Waals surface area contributed by atoms with Crippen LogP contribution in [0.3, 0.4) is 0 Å². The van der Waals surface area contributed by atoms with Crippen molar-refractivity contribution in [3.63, 3.8) is 0 Å². The molecule has 170 valence electrons. The minimum atomic E-state index is -0.279. The molecule has 1 aliphatic heterocycles. The van der Waals surface area contributed by atoms with E-state index in [4.69, 9.17) is 0 Å². The molecule has 0 unspecified atom stereocenters. The molecule has 3 aromatic rings. The summed E-state index contributed by atoms with van der Waals surface area (Å²) in [7, 11) is 1.80. The topological polar surface area (TPSA) is 91.7 Å². The number of benzene rings is 1. The van der Waals surface area contributed by atoms with E-state index in [2.05, 4.69) is 30.3 Å². The quantitative estimate of drug-likeness (QED) is 0.563. The number of rotatable bonds is 8. The number of nitrogens with one attached hydrogen (secondary N) is 2. The van der Waals surface area contributed by atoms with Crippen LogP contribution in [0.25, 0.3) is 11.3 Å². The average Bonchev–Trinajstić information content (AvgIpc) is 3.34. The van der Waals surface area contributed by atoms with Gasteiger partial charge in [0.05, 0.1) is 5.69 Å². The maximum atomic E-state index is 13.4. The van der Waals surface area contributed by atoms with Crippen LogP contribution in [0.1, 0.15) is 43.0 Å². The van der Waals surface area contributed by atoms with Gasteiger partial charge in [-0.25, -0.2) is 9.18 Å². The molecule has 0 spiro atoms. The van der Waals surface area contributed by atoms with Crippen LogP contribution in [-0.2, 0) is 25.8 Å². The second kappa shape index (κ2) is 10.4. The Balaban J connectivity index is 1.18. The Bertz CT molecular complexity index is 1040. The minimum absolute atomic E-state index is 0.0920. The summed E-state index contributed by atoms with van der Waals surface area (Å²) in [6.45, 7) is 2.14. The fourth-order valence-corrected chi connectivity index (χ4v) is 4.04. The third kappa shape index (κ3) is 5.52. The number of fused-ring (bicyclic) bond motifs is 1. The van der Waals surface area contributed by atoms with E-state index < -0.39 is 0 Å². The van der Waals surface area contributed by atoms with Crippen molar-refractivity contribution in [2.24, 2.45) is 0 Å². The van der Waals surface area contributed by atoms with Crippen molar-refractivity contribution in [2.45, 2.75) is 51.5 Å². The second-order valence-corrected chi connectivity index (χ2v) is 8.29. The molecule has 0 atom stereocenters. The van der Waals surface area contributed by atoms with Crippen LogP contribution in [0.15, 0.2) is 30.3 Å². The predicted octanol–water partition coefficient (Wildman–Crippen LogP) is 3.35. The van der Waals surface area contributed by atoms with E-state index in [0.29, 0.717) is 19.5 Å². The third-order valence-corrected chi connectivity index (χ3v) is 5.85. The molecule has 2 aromatic heterocycles. The van der Waals surface area contributed by atoms with Crippen molar-refractivity contribution in [1.29, 1.82) is 0 Å². The first kappa shape index (κ1) is 22.0. The van der Waals surface area contributed by atoms with Gasteiger partial charge in [0.25, 0.3) is 0 Å². The first-order valence-corrected chi connectivity index (χ1v) is 11.3. The number of aromatic amines is 1. The van der Waals surface area contributed by atoms with Gasteiger partial charge in [-0.3, -0.25) is 5.10 Å². The third-order valence-electron chi connectivity index (χ3n) is 5.85. The second-order valence-electron chi connectivity index (χ2n) is 8.29. The van der Waals surface area contributed by atoms with E-state index in [0.717, 1.165) is 60.8 Å². The Morgan fingerprint density at radius 2 is 2.12 bits per heavy atom. The van der Waals surface area contributed by atoms with Crippen molar-refractivity contribution in [3.05, 3.63) is 53.5 Å². The van der Waals surface area contributed by atoms with Crippen LogP contribution in [0, 0.1) is 5.82 Å². The summed E-state index contributed by atoms with van der Waals surface area (Å²) in [6, 6.07) is 8.22. The van der Waals surface area contributed by atoms with E-state index in [1.807, 2.05) is 12.1 Å². The number of hydrogen-bond donors (Lipinski definition) is 2. The van der Waals surface area contributed by atoms with Crippen molar-refractivity contribution < 1.29 is 9.18 Å². The van der Waals surface area contributed by atoms with Gasteiger partial charge in [-0.05, 0) is 43.9 Å². The van der Waals surface area contributed by atoms with Crippen LogP contribution in [0.4, 0.5) is 9.18 Å². The van der Waals surface area contributed by atoms with Crippen LogP contribution in [0.2, 0.25) is 0 Å². The van der Waals surface area contributed by atoms with Crippen LogP contribution < -0.4 is 5.32 Å². The molecular formula is C23H30FN7O. The number of carbonyl (C=O) groups excluding carboxylic acids is 1. The number of hydrogen-bond acceptors (Lipinski definition) is 4. The molecule has 1 aromatic carbocycles. The van der Waals surface area contributed by atoms with Crippen molar-refractivity contribution in [3.8, 4) is 11.3 Å². The molecule has 0 saturated carbocycles. The van der Waals surface area contributed by atoms with Gasteiger partial charge in [0.2, 0.25) is 0 Å². The smallest absolute Gasteiger partial charge is 0.317 e. The van der Waals surface area contributed by atoms with Crippen molar-refractivity contribution in [1.82, 2.24) is 35.2 Å². The molecule has 0 radical (unpaired) electrons. The van der Waals surface area contributed by atoms with E-state index in [-0.39, 0.29) is 11.8 Å². The normalized spacial score (nSPS) is 13.4. The first-order chi connectivity index (χ1) is 15.6. The zero-order valence-corrected chi connectivity index (χ0v) is 18.5. The summed E-state index contributed by atoms with van der Waals surface area (Å²) in [5, 5.41) is 18.9. The number of nitrogens with zero attached hydrogens (tertiary/aromatic N) is 5. The van der Waals surface area contributed by atoms with Gasteiger partial charge in [-0.15, -0.1) is 10.2 Å². The number of H-pyrrole nitrogens is 1. The summed E-state index contributed by atoms with van der Waals surface area (Å²) >= 11 is 0. The maximum Gasteiger partial charge on any atom is 0.317 e. The van der Waals surface area contributed by atoms with Gasteiger partial charge in [0, 0.05) is 50.8 Å². The lowest BCUT2D eigenvalue weighted by Gasteiger charge is -2.17. The summed E-state index contributed by atoms with van der Waals surface area (Å²) < 4.78 is 15.6. The van der Waals surface area contributed by atoms with E-state index in [9.17, 15) is 9.18 Å². The lowest BCUT2D eigenvalue weighted by Crippen LogP contribution is -2.39. The molecule has 9 heteroatoms. The van der Waals surface area contributed by atoms with E-state index in [1.165, 1.54) is 25.0 Å². The molecule has 4 rings (SSSR count). The number of amides is 2. The highest BCUT2D eigenvalue weighted by atomic mass is 19.1. The largest absolute Gasteiger partial charge is 0.338 e. The maximum absolute atomic E-state index is 13.4. The van der Waals surface area contributed by atoms with E-state index in [1.54, 1.807) is 18.0 Å². The molecule has 1 aliphatic rings. The number of aromatic nitrogens is 5. The zero-order chi connectivity index (χ0) is 22.3. The highest BCUT2D eigenvalue weighted by Crippen LogP contribution is 2.19. The highest BCUT2D eigenvalue weighted by Gasteiger charge is 2.15. The number of aryl methyl sites for hydroxylation is 2. The highest BCUT2D eigenvalue weighted by molar-refractivity contribution is 5.73. The predicted molar refractivity (Wildman–Crippen MR) is 120 cm³/mol. The molecule has 2 N–H and O–H groups in total. The van der Waals surface area contributed by atoms with Gasteiger partial charge >= 0.3 is 6.03 Å². The fourth-order valence-electron chi connectivity index (χ4n) is 4.04. The molecule has 0 aliphatic carbocycles. The number of urea groups is 1. The van der Waals surface area contributed by atoms with Crippen molar-refractivity contribution in [2.75, 3.05) is 20.1 Å². The zero-order valence-electron chi connectivity index (χ0n) is 18.5. The molecule has 0 bridgehead atoms. The first-order valence-electron chi connectivity index (χ1n) is 11.3. The SMILES string of the molecule is CN(CCCc1cc(-c2cccc(F)c2)n[nH]1)C(=O)NCCc1nnc2n1CCCCC2. The summed E-state index contributed by atoms with van der Waals surface area (Å²) in [6.07, 6.45) is 6.79. The van der Waals surface area contributed by atoms with Gasteiger partial charge in [-0.2, -0.15) is 5.10 Å². The molecule has 8 nitrogen and oxygen atoms in total. The minimum Gasteiger partial charge on any atom is -0.338 e. The Morgan fingerprint density at radius 3 is 3.00 bits per heavy atom. The van der Waals surface area contributed by atoms with E-state index >= 15 is 0 Å². The number of halogens is 1. The van der Waals surface area contributed by atoms with Crippen LogP contribution in [0.5, 0.6) is 0 Å². The Hall–Kier alpha value is -3.23. The fraction of sp³-hybridized carbons (Fsp3) is 0.478. The van der Waals surface area contributed by atoms with Crippen molar-refractivity contribution >= 4 is 6.03 Å². The molecular weight excluding hydrogens is 409 g/mol. The Morgan fingerprint density at radius 1 is 1.22 bits per heavy atom.